The highest BCUT2D eigenvalue weighted by Crippen LogP contribution is 2.68. The molecule has 2 aromatic heterocycles. The number of carbonyl (C=O) groups is 3. The number of carbonyl (C=O) groups excluding carboxylic acids is 3. The van der Waals surface area contributed by atoms with Gasteiger partial charge in [0.25, 0.3) is 0 Å². The summed E-state index contributed by atoms with van der Waals surface area (Å²) < 4.78 is 24.1. The topological polar surface area (TPSA) is 167 Å². The summed E-state index contributed by atoms with van der Waals surface area (Å²) in [5.41, 5.74) is -0.934. The molecule has 6 aliphatic rings. The van der Waals surface area contributed by atoms with Crippen LogP contribution in [0.3, 0.4) is 0 Å². The molecule has 10 atom stereocenters. The number of hydrogen-bond donors (Lipinski definition) is 3. The van der Waals surface area contributed by atoms with Crippen molar-refractivity contribution in [1.29, 1.82) is 0 Å². The summed E-state index contributed by atoms with van der Waals surface area (Å²) in [6.07, 6.45) is 7.60. The van der Waals surface area contributed by atoms with Crippen molar-refractivity contribution in [1.82, 2.24) is 19.8 Å². The molecular weight excluding hydrogens is 835 g/mol. The molecular formula is C49H59N5O9S. The molecule has 1 unspecified atom stereocenters. The van der Waals surface area contributed by atoms with E-state index in [1.54, 1.807) is 24.6 Å². The zero-order valence-electron chi connectivity index (χ0n) is 37.7. The van der Waals surface area contributed by atoms with E-state index in [0.717, 1.165) is 44.0 Å². The minimum atomic E-state index is -2.32. The van der Waals surface area contributed by atoms with Gasteiger partial charge < -0.3 is 39.0 Å². The van der Waals surface area contributed by atoms with Crippen LogP contribution in [-0.2, 0) is 45.8 Å². The van der Waals surface area contributed by atoms with Crippen LogP contribution in [0.4, 0.5) is 5.69 Å². The van der Waals surface area contributed by atoms with Gasteiger partial charge in [-0.3, -0.25) is 19.4 Å². The van der Waals surface area contributed by atoms with Crippen LogP contribution in [0.2, 0.25) is 0 Å². The van der Waals surface area contributed by atoms with Crippen molar-refractivity contribution in [3.05, 3.63) is 76.4 Å². The highest BCUT2D eigenvalue weighted by molar-refractivity contribution is 7.13. The predicted octanol–water partition coefficient (Wildman–Crippen LogP) is 5.11. The van der Waals surface area contributed by atoms with E-state index < -0.39 is 57.5 Å². The molecule has 7 heterocycles. The van der Waals surface area contributed by atoms with Crippen LogP contribution >= 0.6 is 11.3 Å². The van der Waals surface area contributed by atoms with E-state index in [0.29, 0.717) is 82.6 Å². The van der Waals surface area contributed by atoms with Crippen LogP contribution in [-0.4, -0.2) is 138 Å². The van der Waals surface area contributed by atoms with Gasteiger partial charge in [0.2, 0.25) is 5.60 Å². The Hall–Kier alpha value is -4.80. The van der Waals surface area contributed by atoms with Crippen molar-refractivity contribution in [2.45, 2.75) is 99.5 Å². The molecule has 340 valence electrons. The molecule has 15 heteroatoms. The Morgan fingerprint density at radius 3 is 2.47 bits per heavy atom. The van der Waals surface area contributed by atoms with Gasteiger partial charge in [0.15, 0.2) is 6.10 Å². The molecule has 1 aliphatic carbocycles. The van der Waals surface area contributed by atoms with Crippen LogP contribution in [0.5, 0.6) is 5.75 Å². The number of aliphatic hydroxyl groups is 2. The molecule has 14 nitrogen and oxygen atoms in total. The summed E-state index contributed by atoms with van der Waals surface area (Å²) in [6, 6.07) is 9.06. The molecule has 2 saturated heterocycles. The molecule has 5 aliphatic heterocycles. The molecule has 3 fully saturated rings. The number of hydrogen-bond acceptors (Lipinski definition) is 14. The van der Waals surface area contributed by atoms with Crippen molar-refractivity contribution in [2.24, 2.45) is 11.3 Å². The number of ether oxygens (including phenoxy) is 4. The Kier molecular flexibility index (Phi) is 10.2. The summed E-state index contributed by atoms with van der Waals surface area (Å²) in [5, 5.41) is 29.4. The smallest absolute Gasteiger partial charge is 0.344 e. The van der Waals surface area contributed by atoms with Crippen molar-refractivity contribution < 1.29 is 43.5 Å². The van der Waals surface area contributed by atoms with Crippen LogP contribution in [0, 0.1) is 11.3 Å². The molecule has 0 radical (unpaired) electrons. The highest BCUT2D eigenvalue weighted by atomic mass is 32.1. The molecule has 10 rings (SSSR count). The first-order valence-corrected chi connectivity index (χ1v) is 23.5. The number of nitrogens with zero attached hydrogens (tertiary/aromatic N) is 4. The lowest BCUT2D eigenvalue weighted by Gasteiger charge is -2.63. The van der Waals surface area contributed by atoms with Crippen LogP contribution in [0.25, 0.3) is 21.5 Å². The lowest BCUT2D eigenvalue weighted by atomic mass is 9.47. The average molecular weight is 894 g/mol. The predicted molar refractivity (Wildman–Crippen MR) is 242 cm³/mol. The monoisotopic (exact) mass is 893 g/mol. The molecule has 3 N–H and O–H groups in total. The molecule has 0 amide bonds. The minimum Gasteiger partial charge on any atom is -0.496 e. The second-order valence-electron chi connectivity index (χ2n) is 19.3. The minimum absolute atomic E-state index is 0.130. The number of aromatic amines is 1. The Morgan fingerprint density at radius 1 is 0.984 bits per heavy atom. The maximum absolute atomic E-state index is 15.6. The second kappa shape index (κ2) is 15.1. The van der Waals surface area contributed by atoms with Gasteiger partial charge >= 0.3 is 17.9 Å². The number of H-pyrrole nitrogens is 1. The normalized spacial score (nSPS) is 35.0. The van der Waals surface area contributed by atoms with Crippen LogP contribution in [0.1, 0.15) is 75.3 Å². The highest BCUT2D eigenvalue weighted by Gasteiger charge is 2.80. The lowest BCUT2D eigenvalue weighted by Crippen LogP contribution is -2.81. The fourth-order valence-corrected chi connectivity index (χ4v) is 14.7. The first-order chi connectivity index (χ1) is 30.7. The number of likely N-dealkylation sites (N-methyl/N-ethyl adjacent to an activating group) is 1. The maximum Gasteiger partial charge on any atom is 0.344 e. The lowest BCUT2D eigenvalue weighted by molar-refractivity contribution is -0.228. The van der Waals surface area contributed by atoms with Gasteiger partial charge in [-0.1, -0.05) is 26.0 Å². The number of piperidine rings is 1. The summed E-state index contributed by atoms with van der Waals surface area (Å²) >= 11 is 1.57. The first kappa shape index (κ1) is 43.1. The van der Waals surface area contributed by atoms with Crippen LogP contribution < -0.4 is 9.64 Å². The summed E-state index contributed by atoms with van der Waals surface area (Å²) in [5.74, 6) is -1.64. The fourth-order valence-electron chi connectivity index (χ4n) is 14.1. The number of aromatic nitrogens is 2. The Balaban J connectivity index is 1.28. The van der Waals surface area contributed by atoms with E-state index >= 15 is 4.79 Å². The zero-order valence-corrected chi connectivity index (χ0v) is 38.5. The van der Waals surface area contributed by atoms with E-state index in [9.17, 15) is 19.8 Å². The Bertz CT molecular complexity index is 2580. The van der Waals surface area contributed by atoms with Crippen molar-refractivity contribution in [3.8, 4) is 16.3 Å². The number of fused-ring (bicyclic) bond motifs is 6. The number of anilines is 1. The van der Waals surface area contributed by atoms with Crippen molar-refractivity contribution in [3.63, 3.8) is 0 Å². The number of nitrogens with one attached hydrogen (secondary N) is 1. The van der Waals surface area contributed by atoms with Gasteiger partial charge in [-0.2, -0.15) is 0 Å². The summed E-state index contributed by atoms with van der Waals surface area (Å²) in [4.78, 5) is 58.3. The maximum atomic E-state index is 15.6. The summed E-state index contributed by atoms with van der Waals surface area (Å²) in [7, 11) is 6.15. The average Bonchev–Trinajstić information content (AvgIpc) is 4.10. The molecule has 4 aromatic rings. The molecule has 1 saturated carbocycles. The molecule has 2 bridgehead atoms. The van der Waals surface area contributed by atoms with Crippen molar-refractivity contribution >= 4 is 45.8 Å². The number of benzene rings is 2. The quantitative estimate of drug-likeness (QED) is 0.121. The first-order valence-electron chi connectivity index (χ1n) is 22.6. The zero-order chi connectivity index (χ0) is 45.1. The van der Waals surface area contributed by atoms with Gasteiger partial charge in [0.05, 0.1) is 33.0 Å². The van der Waals surface area contributed by atoms with E-state index in [1.807, 2.05) is 37.2 Å². The third-order valence-electron chi connectivity index (χ3n) is 16.4. The van der Waals surface area contributed by atoms with E-state index in [2.05, 4.69) is 56.2 Å². The SMILES string of the molecule is CC[C@]1(O)C[C@H]2CN(CCc3c([nH]c4ccc(-c5nccs5)cc34)[C@@](C(=O)OC)(c3cc4c(cc3OC)N(C)[C@H]3[C@@](O)(C(=O)OC)[C@H](OC(C)=O)[C@]5(CC)C=CCN6CC[C@]43[C@@H]65)C2)C1. The Labute approximate surface area is 377 Å². The standard InChI is InChI=1S/C49H59N5O9S/c1-8-45(58)24-29-25-48(43(56)61-6,38-31(13-18-53(26-29)27-45)32-21-30(11-12-35(32)51-38)39-50-16-20-64-39)34-22-33-36(23-37(34)60-5)52(4)41-47(33)15-19-54-17-10-14-46(9-2,40(47)54)42(63-28(3)55)49(41,59)44(57)62-7/h10-12,14,16,20-23,29,40-42,51,58-59H,8-9,13,15,17-19,24-27H2,1-7H3/t29-,40+,41-,42-,45+,46-,47-,48+,49+/m1/s1. The third-order valence-corrected chi connectivity index (χ3v) is 17.2. The number of thiazole rings is 1. The largest absolute Gasteiger partial charge is 0.496 e. The van der Waals surface area contributed by atoms with Crippen LogP contribution in [0.15, 0.2) is 54.1 Å². The Morgan fingerprint density at radius 2 is 1.78 bits per heavy atom. The summed E-state index contributed by atoms with van der Waals surface area (Å²) in [6.45, 7) is 8.52. The molecule has 2 aromatic carbocycles. The van der Waals surface area contributed by atoms with Gasteiger partial charge in [0.1, 0.15) is 16.2 Å². The van der Waals surface area contributed by atoms with Gasteiger partial charge in [-0.05, 0) is 86.4 Å². The fraction of sp³-hybridized carbons (Fsp3) is 0.551. The number of methoxy groups -OCH3 is 3. The van der Waals surface area contributed by atoms with E-state index in [-0.39, 0.29) is 12.0 Å². The van der Waals surface area contributed by atoms with Gasteiger partial charge in [-0.25, -0.2) is 9.78 Å². The number of esters is 3. The van der Waals surface area contributed by atoms with Crippen molar-refractivity contribution in [2.75, 3.05) is 66.0 Å². The third kappa shape index (κ3) is 5.69. The number of rotatable bonds is 8. The molecule has 64 heavy (non-hydrogen) atoms. The van der Waals surface area contributed by atoms with E-state index in [1.165, 1.54) is 21.1 Å². The van der Waals surface area contributed by atoms with Gasteiger partial charge in [-0.15, -0.1) is 11.3 Å². The van der Waals surface area contributed by atoms with Gasteiger partial charge in [0, 0.05) is 108 Å². The van der Waals surface area contributed by atoms with E-state index in [4.69, 9.17) is 18.9 Å². The molecule has 1 spiro atoms. The second-order valence-corrected chi connectivity index (χ2v) is 20.2.